The Balaban J connectivity index is 2.58. The highest BCUT2D eigenvalue weighted by molar-refractivity contribution is 5.20. The fraction of sp³-hybridized carbons (Fsp3) is 0.538. The van der Waals surface area contributed by atoms with E-state index >= 15 is 0 Å². The van der Waals surface area contributed by atoms with Crippen molar-refractivity contribution in [3.8, 4) is 0 Å². The molecule has 0 bridgehead atoms. The van der Waals surface area contributed by atoms with Crippen LogP contribution in [0.25, 0.3) is 0 Å². The van der Waals surface area contributed by atoms with Crippen molar-refractivity contribution in [1.29, 1.82) is 0 Å². The van der Waals surface area contributed by atoms with Gasteiger partial charge in [0.2, 0.25) is 0 Å². The quantitative estimate of drug-likeness (QED) is 0.792. The van der Waals surface area contributed by atoms with Gasteiger partial charge in [0.1, 0.15) is 0 Å². The summed E-state index contributed by atoms with van der Waals surface area (Å²) in [5.41, 5.74) is 7.27. The van der Waals surface area contributed by atoms with Gasteiger partial charge in [0.25, 0.3) is 0 Å². The third-order valence-electron chi connectivity index (χ3n) is 2.43. The fourth-order valence-corrected chi connectivity index (χ4v) is 1.49. The van der Waals surface area contributed by atoms with Crippen LogP contribution in [0.15, 0.2) is 30.3 Å². The zero-order valence-corrected chi connectivity index (χ0v) is 9.96. The van der Waals surface area contributed by atoms with Gasteiger partial charge >= 0.3 is 0 Å². The van der Waals surface area contributed by atoms with E-state index in [2.05, 4.69) is 50.4 Å². The third-order valence-corrected chi connectivity index (χ3v) is 2.43. The zero-order valence-electron chi connectivity index (χ0n) is 9.96. The standard InChI is InChI=1S/C13H22N2/c1-13(2,3)15-10-12(9-14)11-7-5-4-6-8-11/h4-8,12,15H,9-10,14H2,1-3H3. The summed E-state index contributed by atoms with van der Waals surface area (Å²) in [6, 6.07) is 10.4. The van der Waals surface area contributed by atoms with Crippen LogP contribution < -0.4 is 11.1 Å². The Morgan fingerprint density at radius 2 is 1.80 bits per heavy atom. The summed E-state index contributed by atoms with van der Waals surface area (Å²) in [4.78, 5) is 0. The molecule has 0 aliphatic rings. The number of benzene rings is 1. The Kier molecular flexibility index (Phi) is 4.30. The summed E-state index contributed by atoms with van der Waals surface area (Å²) < 4.78 is 0. The Labute approximate surface area is 92.9 Å². The summed E-state index contributed by atoms with van der Waals surface area (Å²) in [6.07, 6.45) is 0. The van der Waals surface area contributed by atoms with Crippen LogP contribution in [0.4, 0.5) is 0 Å². The van der Waals surface area contributed by atoms with E-state index in [1.54, 1.807) is 0 Å². The van der Waals surface area contributed by atoms with Crippen molar-refractivity contribution < 1.29 is 0 Å². The molecule has 1 aromatic rings. The molecule has 0 aromatic heterocycles. The monoisotopic (exact) mass is 206 g/mol. The predicted molar refractivity (Wildman–Crippen MR) is 66.0 cm³/mol. The highest BCUT2D eigenvalue weighted by Crippen LogP contribution is 2.14. The van der Waals surface area contributed by atoms with E-state index in [0.29, 0.717) is 12.5 Å². The van der Waals surface area contributed by atoms with Crippen molar-refractivity contribution >= 4 is 0 Å². The van der Waals surface area contributed by atoms with Gasteiger partial charge in [0.15, 0.2) is 0 Å². The van der Waals surface area contributed by atoms with Crippen LogP contribution in [0.5, 0.6) is 0 Å². The van der Waals surface area contributed by atoms with Gasteiger partial charge in [-0.15, -0.1) is 0 Å². The molecule has 0 aliphatic carbocycles. The normalized spacial score (nSPS) is 13.9. The van der Waals surface area contributed by atoms with Gasteiger partial charge in [0, 0.05) is 24.5 Å². The van der Waals surface area contributed by atoms with Gasteiger partial charge < -0.3 is 11.1 Å². The van der Waals surface area contributed by atoms with Crippen LogP contribution in [0.2, 0.25) is 0 Å². The smallest absolute Gasteiger partial charge is 0.00967 e. The maximum atomic E-state index is 5.79. The molecule has 0 saturated heterocycles. The molecule has 15 heavy (non-hydrogen) atoms. The van der Waals surface area contributed by atoms with Crippen LogP contribution in [0.1, 0.15) is 32.3 Å². The fourth-order valence-electron chi connectivity index (χ4n) is 1.49. The molecule has 2 heteroatoms. The van der Waals surface area contributed by atoms with Gasteiger partial charge in [-0.3, -0.25) is 0 Å². The van der Waals surface area contributed by atoms with Crippen molar-refractivity contribution in [3.63, 3.8) is 0 Å². The molecule has 1 unspecified atom stereocenters. The maximum Gasteiger partial charge on any atom is 0.00967 e. The maximum absolute atomic E-state index is 5.79. The average Bonchev–Trinajstić information content (AvgIpc) is 2.19. The van der Waals surface area contributed by atoms with Crippen molar-refractivity contribution in [2.24, 2.45) is 5.73 Å². The molecule has 0 saturated carbocycles. The number of nitrogens with two attached hydrogens (primary N) is 1. The van der Waals surface area contributed by atoms with Crippen LogP contribution in [-0.2, 0) is 0 Å². The average molecular weight is 206 g/mol. The molecule has 0 amide bonds. The lowest BCUT2D eigenvalue weighted by atomic mass is 9.98. The molecule has 0 aliphatic heterocycles. The molecule has 0 spiro atoms. The molecule has 0 heterocycles. The van der Waals surface area contributed by atoms with Gasteiger partial charge in [-0.1, -0.05) is 30.3 Å². The second-order valence-corrected chi connectivity index (χ2v) is 4.97. The van der Waals surface area contributed by atoms with E-state index in [1.807, 2.05) is 6.07 Å². The first-order valence-corrected chi connectivity index (χ1v) is 5.53. The van der Waals surface area contributed by atoms with Gasteiger partial charge in [0.05, 0.1) is 0 Å². The van der Waals surface area contributed by atoms with E-state index in [-0.39, 0.29) is 5.54 Å². The molecule has 1 rings (SSSR count). The summed E-state index contributed by atoms with van der Waals surface area (Å²) in [5, 5.41) is 3.49. The SMILES string of the molecule is CC(C)(C)NCC(CN)c1ccccc1. The van der Waals surface area contributed by atoms with Crippen LogP contribution in [0.3, 0.4) is 0 Å². The van der Waals surface area contributed by atoms with E-state index in [4.69, 9.17) is 5.73 Å². The van der Waals surface area contributed by atoms with Gasteiger partial charge in [-0.2, -0.15) is 0 Å². The number of rotatable bonds is 4. The van der Waals surface area contributed by atoms with Crippen LogP contribution >= 0.6 is 0 Å². The topological polar surface area (TPSA) is 38.0 Å². The Bertz CT molecular complexity index is 274. The highest BCUT2D eigenvalue weighted by Gasteiger charge is 2.14. The largest absolute Gasteiger partial charge is 0.330 e. The molecule has 1 aromatic carbocycles. The molecule has 84 valence electrons. The molecule has 0 radical (unpaired) electrons. The first-order valence-electron chi connectivity index (χ1n) is 5.53. The van der Waals surface area contributed by atoms with Gasteiger partial charge in [-0.05, 0) is 26.3 Å². The molecule has 1 atom stereocenters. The van der Waals surface area contributed by atoms with E-state index in [1.165, 1.54) is 5.56 Å². The summed E-state index contributed by atoms with van der Waals surface area (Å²) in [5.74, 6) is 0.408. The minimum Gasteiger partial charge on any atom is -0.330 e. The number of hydrogen-bond acceptors (Lipinski definition) is 2. The van der Waals surface area contributed by atoms with E-state index < -0.39 is 0 Å². The first kappa shape index (κ1) is 12.2. The third kappa shape index (κ3) is 4.45. The molecular weight excluding hydrogens is 184 g/mol. The minimum atomic E-state index is 0.155. The summed E-state index contributed by atoms with van der Waals surface area (Å²) in [6.45, 7) is 8.14. The van der Waals surface area contributed by atoms with E-state index in [9.17, 15) is 0 Å². The lowest BCUT2D eigenvalue weighted by molar-refractivity contribution is 0.407. The van der Waals surface area contributed by atoms with Crippen molar-refractivity contribution in [3.05, 3.63) is 35.9 Å². The number of nitrogens with one attached hydrogen (secondary N) is 1. The molecule has 0 fully saturated rings. The van der Waals surface area contributed by atoms with Crippen molar-refractivity contribution in [2.45, 2.75) is 32.2 Å². The van der Waals surface area contributed by atoms with Crippen LogP contribution in [0, 0.1) is 0 Å². The first-order chi connectivity index (χ1) is 7.03. The minimum absolute atomic E-state index is 0.155. The molecule has 2 nitrogen and oxygen atoms in total. The predicted octanol–water partition coefficient (Wildman–Crippen LogP) is 2.12. The van der Waals surface area contributed by atoms with Crippen molar-refractivity contribution in [1.82, 2.24) is 5.32 Å². The number of hydrogen-bond donors (Lipinski definition) is 2. The summed E-state index contributed by atoms with van der Waals surface area (Å²) in [7, 11) is 0. The van der Waals surface area contributed by atoms with Crippen LogP contribution in [-0.4, -0.2) is 18.6 Å². The lowest BCUT2D eigenvalue weighted by Crippen LogP contribution is -2.40. The Morgan fingerprint density at radius 1 is 1.20 bits per heavy atom. The lowest BCUT2D eigenvalue weighted by Gasteiger charge is -2.24. The zero-order chi connectivity index (χ0) is 11.3. The van der Waals surface area contributed by atoms with Crippen molar-refractivity contribution in [2.75, 3.05) is 13.1 Å². The highest BCUT2D eigenvalue weighted by atomic mass is 14.9. The second-order valence-electron chi connectivity index (χ2n) is 4.97. The molecule has 3 N–H and O–H groups in total. The molecular formula is C13H22N2. The van der Waals surface area contributed by atoms with E-state index in [0.717, 1.165) is 6.54 Å². The second kappa shape index (κ2) is 5.29. The summed E-state index contributed by atoms with van der Waals surface area (Å²) >= 11 is 0. The Hall–Kier alpha value is -0.860. The Morgan fingerprint density at radius 3 is 2.27 bits per heavy atom. The van der Waals surface area contributed by atoms with Gasteiger partial charge in [-0.25, -0.2) is 0 Å².